The van der Waals surface area contributed by atoms with E-state index in [4.69, 9.17) is 5.10 Å². The van der Waals surface area contributed by atoms with Crippen LogP contribution in [0.2, 0.25) is 0 Å². The van der Waals surface area contributed by atoms with Crippen molar-refractivity contribution in [2.75, 3.05) is 39.3 Å². The normalized spacial score (nSPS) is 19.6. The van der Waals surface area contributed by atoms with Gasteiger partial charge in [-0.05, 0) is 76.1 Å². The van der Waals surface area contributed by atoms with Gasteiger partial charge in [-0.2, -0.15) is 9.61 Å². The first-order valence-electron chi connectivity index (χ1n) is 10.4. The van der Waals surface area contributed by atoms with Crippen LogP contribution in [0.5, 0.6) is 0 Å². The van der Waals surface area contributed by atoms with E-state index in [-0.39, 0.29) is 0 Å². The molecule has 2 saturated heterocycles. The number of aromatic nitrogens is 5. The molecule has 0 aromatic carbocycles. The Morgan fingerprint density at radius 2 is 1.68 bits per heavy atom. The van der Waals surface area contributed by atoms with E-state index in [0.717, 1.165) is 48.7 Å². The van der Waals surface area contributed by atoms with Crippen LogP contribution >= 0.6 is 0 Å². The fraction of sp³-hybridized carbons (Fsp3) is 0.524. The maximum Gasteiger partial charge on any atom is 0.177 e. The van der Waals surface area contributed by atoms with Gasteiger partial charge in [-0.25, -0.2) is 0 Å². The Kier molecular flexibility index (Phi) is 5.01. The predicted octanol–water partition coefficient (Wildman–Crippen LogP) is 2.46. The van der Waals surface area contributed by atoms with Crippen LogP contribution < -0.4 is 0 Å². The fourth-order valence-corrected chi connectivity index (χ4v) is 4.43. The molecular formula is C21H27N7. The SMILES string of the molecule is c1cncc(-c2ccc3nnc(C4CCN(CCN5CCCC5)CC4)n3n2)c1. The van der Waals surface area contributed by atoms with Crippen LogP contribution in [0.25, 0.3) is 16.9 Å². The number of hydrogen-bond donors (Lipinski definition) is 0. The van der Waals surface area contributed by atoms with E-state index >= 15 is 0 Å². The topological polar surface area (TPSA) is 62.5 Å². The summed E-state index contributed by atoms with van der Waals surface area (Å²) in [6, 6.07) is 7.96. The molecule has 3 aromatic heterocycles. The minimum atomic E-state index is 0.426. The molecule has 7 nitrogen and oxygen atoms in total. The summed E-state index contributed by atoms with van der Waals surface area (Å²) in [5, 5.41) is 13.7. The van der Waals surface area contributed by atoms with Crippen LogP contribution in [0.3, 0.4) is 0 Å². The van der Waals surface area contributed by atoms with Gasteiger partial charge in [0.2, 0.25) is 0 Å². The van der Waals surface area contributed by atoms with Crippen molar-refractivity contribution in [3.05, 3.63) is 42.5 Å². The lowest BCUT2D eigenvalue weighted by molar-refractivity contribution is 0.182. The van der Waals surface area contributed by atoms with Crippen LogP contribution in [0, 0.1) is 0 Å². The predicted molar refractivity (Wildman–Crippen MR) is 108 cm³/mol. The molecule has 0 spiro atoms. The molecule has 0 radical (unpaired) electrons. The average Bonchev–Trinajstić information content (AvgIpc) is 3.43. The summed E-state index contributed by atoms with van der Waals surface area (Å²) in [6.45, 7) is 7.25. The number of pyridine rings is 1. The highest BCUT2D eigenvalue weighted by Crippen LogP contribution is 2.27. The van der Waals surface area contributed by atoms with Gasteiger partial charge in [-0.1, -0.05) is 0 Å². The van der Waals surface area contributed by atoms with Crippen molar-refractivity contribution in [2.45, 2.75) is 31.6 Å². The van der Waals surface area contributed by atoms with Gasteiger partial charge in [0.1, 0.15) is 0 Å². The highest BCUT2D eigenvalue weighted by molar-refractivity contribution is 5.58. The number of nitrogens with zero attached hydrogens (tertiary/aromatic N) is 7. The highest BCUT2D eigenvalue weighted by atomic mass is 15.4. The van der Waals surface area contributed by atoms with Crippen LogP contribution in [0.1, 0.15) is 37.4 Å². The van der Waals surface area contributed by atoms with Crippen LogP contribution in [0.4, 0.5) is 0 Å². The second-order valence-corrected chi connectivity index (χ2v) is 7.95. The third-order valence-corrected chi connectivity index (χ3v) is 6.13. The van der Waals surface area contributed by atoms with Gasteiger partial charge in [0.15, 0.2) is 11.5 Å². The van der Waals surface area contributed by atoms with E-state index in [1.54, 1.807) is 6.20 Å². The van der Waals surface area contributed by atoms with Crippen LogP contribution in [-0.2, 0) is 0 Å². The van der Waals surface area contributed by atoms with Crippen molar-refractivity contribution >= 4 is 5.65 Å². The van der Waals surface area contributed by atoms with Crippen molar-refractivity contribution in [1.29, 1.82) is 0 Å². The highest BCUT2D eigenvalue weighted by Gasteiger charge is 2.25. The first kappa shape index (κ1) is 17.7. The van der Waals surface area contributed by atoms with Gasteiger partial charge in [0.05, 0.1) is 5.69 Å². The number of likely N-dealkylation sites (tertiary alicyclic amines) is 2. The van der Waals surface area contributed by atoms with E-state index < -0.39 is 0 Å². The van der Waals surface area contributed by atoms with Gasteiger partial charge < -0.3 is 9.80 Å². The van der Waals surface area contributed by atoms with Crippen LogP contribution in [-0.4, -0.2) is 73.9 Å². The van der Waals surface area contributed by atoms with E-state index in [1.807, 2.05) is 35.0 Å². The van der Waals surface area contributed by atoms with Crippen molar-refractivity contribution in [1.82, 2.24) is 34.6 Å². The molecule has 3 aromatic rings. The lowest BCUT2D eigenvalue weighted by Crippen LogP contribution is -2.38. The molecule has 0 amide bonds. The van der Waals surface area contributed by atoms with E-state index in [1.165, 1.54) is 39.0 Å². The van der Waals surface area contributed by atoms with Gasteiger partial charge in [0, 0.05) is 37.0 Å². The molecule has 2 fully saturated rings. The van der Waals surface area contributed by atoms with E-state index in [2.05, 4.69) is 25.0 Å². The lowest BCUT2D eigenvalue weighted by Gasteiger charge is -2.32. The molecule has 2 aliphatic rings. The van der Waals surface area contributed by atoms with Gasteiger partial charge in [-0.15, -0.1) is 10.2 Å². The number of piperidine rings is 1. The zero-order chi connectivity index (χ0) is 18.8. The Bertz CT molecular complexity index is 909. The zero-order valence-corrected chi connectivity index (χ0v) is 16.2. The standard InChI is InChI=1S/C21H27N7/c1-2-11-26(10-1)14-15-27-12-7-17(8-13-27)21-24-23-20-6-5-19(25-28(20)21)18-4-3-9-22-16-18/h3-6,9,16-17H,1-2,7-8,10-15H2. The van der Waals surface area contributed by atoms with Crippen molar-refractivity contribution in [3.8, 4) is 11.3 Å². The van der Waals surface area contributed by atoms with E-state index in [9.17, 15) is 0 Å². The summed E-state index contributed by atoms with van der Waals surface area (Å²) >= 11 is 0. The van der Waals surface area contributed by atoms with E-state index in [0.29, 0.717) is 5.92 Å². The van der Waals surface area contributed by atoms with Gasteiger partial charge in [0.25, 0.3) is 0 Å². The molecule has 28 heavy (non-hydrogen) atoms. The largest absolute Gasteiger partial charge is 0.302 e. The molecule has 0 atom stereocenters. The molecule has 0 bridgehead atoms. The second-order valence-electron chi connectivity index (χ2n) is 7.95. The first-order chi connectivity index (χ1) is 13.9. The van der Waals surface area contributed by atoms with Crippen LogP contribution in [0.15, 0.2) is 36.7 Å². The molecule has 0 unspecified atom stereocenters. The Balaban J connectivity index is 1.27. The third-order valence-electron chi connectivity index (χ3n) is 6.13. The number of fused-ring (bicyclic) bond motifs is 1. The molecule has 2 aliphatic heterocycles. The molecule has 146 valence electrons. The number of hydrogen-bond acceptors (Lipinski definition) is 6. The Morgan fingerprint density at radius 1 is 0.893 bits per heavy atom. The summed E-state index contributed by atoms with van der Waals surface area (Å²) in [6.07, 6.45) is 8.62. The Labute approximate surface area is 165 Å². The number of rotatable bonds is 5. The fourth-order valence-electron chi connectivity index (χ4n) is 4.43. The van der Waals surface area contributed by atoms with Gasteiger partial charge >= 0.3 is 0 Å². The quantitative estimate of drug-likeness (QED) is 0.681. The Morgan fingerprint density at radius 3 is 2.43 bits per heavy atom. The minimum absolute atomic E-state index is 0.426. The molecule has 0 saturated carbocycles. The smallest absolute Gasteiger partial charge is 0.177 e. The maximum absolute atomic E-state index is 4.82. The molecule has 5 rings (SSSR count). The second kappa shape index (κ2) is 7.93. The summed E-state index contributed by atoms with van der Waals surface area (Å²) < 4.78 is 1.94. The summed E-state index contributed by atoms with van der Waals surface area (Å²) in [5.74, 6) is 1.43. The molecule has 0 aliphatic carbocycles. The molecule has 7 heteroatoms. The summed E-state index contributed by atoms with van der Waals surface area (Å²) in [7, 11) is 0. The van der Waals surface area contributed by atoms with Crippen molar-refractivity contribution in [2.24, 2.45) is 0 Å². The monoisotopic (exact) mass is 377 g/mol. The molecule has 0 N–H and O–H groups in total. The Hall–Kier alpha value is -2.38. The molecule has 5 heterocycles. The third kappa shape index (κ3) is 3.64. The lowest BCUT2D eigenvalue weighted by atomic mass is 9.96. The van der Waals surface area contributed by atoms with Crippen molar-refractivity contribution in [3.63, 3.8) is 0 Å². The maximum atomic E-state index is 4.82. The van der Waals surface area contributed by atoms with Gasteiger partial charge in [-0.3, -0.25) is 4.98 Å². The average molecular weight is 377 g/mol. The zero-order valence-electron chi connectivity index (χ0n) is 16.2. The summed E-state index contributed by atoms with van der Waals surface area (Å²) in [5.41, 5.74) is 2.74. The van der Waals surface area contributed by atoms with Crippen molar-refractivity contribution < 1.29 is 0 Å². The summed E-state index contributed by atoms with van der Waals surface area (Å²) in [4.78, 5) is 9.41. The minimum Gasteiger partial charge on any atom is -0.302 e. The first-order valence-corrected chi connectivity index (χ1v) is 10.4. The molecular weight excluding hydrogens is 350 g/mol.